The maximum absolute atomic E-state index is 12.3. The van der Waals surface area contributed by atoms with Gasteiger partial charge in [-0.3, -0.25) is 9.69 Å². The average molecular weight is 309 g/mol. The largest absolute Gasteiger partial charge is 0.435 e. The molecule has 126 valence electrons. The first-order chi connectivity index (χ1) is 10.7. The van der Waals surface area contributed by atoms with E-state index < -0.39 is 6.29 Å². The maximum atomic E-state index is 12.3. The van der Waals surface area contributed by atoms with Crippen molar-refractivity contribution in [2.24, 2.45) is 11.8 Å². The predicted octanol–water partition coefficient (Wildman–Crippen LogP) is 3.35. The van der Waals surface area contributed by atoms with Gasteiger partial charge < -0.3 is 9.47 Å². The molecule has 0 amide bonds. The first kappa shape index (κ1) is 16.3. The summed E-state index contributed by atoms with van der Waals surface area (Å²) < 4.78 is 10.7. The third-order valence-electron chi connectivity index (χ3n) is 5.98. The van der Waals surface area contributed by atoms with Crippen LogP contribution in [-0.2, 0) is 14.3 Å². The van der Waals surface area contributed by atoms with Gasteiger partial charge in [-0.25, -0.2) is 0 Å². The zero-order valence-corrected chi connectivity index (χ0v) is 14.1. The number of ether oxygens (including phenoxy) is 2. The van der Waals surface area contributed by atoms with Gasteiger partial charge in [-0.1, -0.05) is 25.7 Å². The Bertz CT molecular complexity index is 365. The van der Waals surface area contributed by atoms with Gasteiger partial charge in [0, 0.05) is 18.7 Å². The number of nitrogens with zero attached hydrogens (tertiary/aromatic N) is 1. The summed E-state index contributed by atoms with van der Waals surface area (Å²) in [5, 5.41) is 0. The van der Waals surface area contributed by atoms with Gasteiger partial charge >= 0.3 is 5.97 Å². The maximum Gasteiger partial charge on any atom is 0.322 e. The second-order valence-corrected chi connectivity index (χ2v) is 7.22. The van der Waals surface area contributed by atoms with Gasteiger partial charge in [0.05, 0.1) is 6.54 Å². The molecule has 5 atom stereocenters. The summed E-state index contributed by atoms with van der Waals surface area (Å²) in [6.07, 6.45) is 10.2. The summed E-state index contributed by atoms with van der Waals surface area (Å²) in [5.74, 6) is 1.55. The van der Waals surface area contributed by atoms with Crippen molar-refractivity contribution < 1.29 is 14.3 Å². The Morgan fingerprint density at radius 1 is 1.05 bits per heavy atom. The van der Waals surface area contributed by atoms with Crippen LogP contribution in [0.2, 0.25) is 0 Å². The van der Waals surface area contributed by atoms with Crippen molar-refractivity contribution in [1.82, 2.24) is 4.90 Å². The summed E-state index contributed by atoms with van der Waals surface area (Å²) in [6, 6.07) is 1.24. The van der Waals surface area contributed by atoms with Crippen LogP contribution in [0.1, 0.15) is 65.2 Å². The lowest BCUT2D eigenvalue weighted by molar-refractivity contribution is -0.175. The summed E-state index contributed by atoms with van der Waals surface area (Å²) in [7, 11) is 0. The standard InChI is InChI=1S/C18H31NO3/c1-3-21-13(2)22-18(20)12-19-16-10-6-4-8-14(16)15-9-5-7-11-17(15)19/h13-17H,3-12H2,1-2H3. The van der Waals surface area contributed by atoms with E-state index in [1.165, 1.54) is 51.4 Å². The third-order valence-corrected chi connectivity index (χ3v) is 5.98. The Hall–Kier alpha value is -0.610. The Morgan fingerprint density at radius 3 is 2.14 bits per heavy atom. The van der Waals surface area contributed by atoms with E-state index in [1.54, 1.807) is 6.92 Å². The Morgan fingerprint density at radius 2 is 1.59 bits per heavy atom. The quantitative estimate of drug-likeness (QED) is 0.577. The molecule has 22 heavy (non-hydrogen) atoms. The molecule has 0 bridgehead atoms. The van der Waals surface area contributed by atoms with E-state index in [9.17, 15) is 4.79 Å². The van der Waals surface area contributed by atoms with E-state index in [2.05, 4.69) is 4.90 Å². The van der Waals surface area contributed by atoms with Crippen molar-refractivity contribution in [2.75, 3.05) is 13.2 Å². The SMILES string of the molecule is CCOC(C)OC(=O)CN1C2CCCCC2C2CCCCC21. The van der Waals surface area contributed by atoms with Gasteiger partial charge in [0.2, 0.25) is 0 Å². The molecule has 5 unspecified atom stereocenters. The number of carbonyl (C=O) groups is 1. The van der Waals surface area contributed by atoms with Gasteiger partial charge in [-0.15, -0.1) is 0 Å². The van der Waals surface area contributed by atoms with Gasteiger partial charge in [0.15, 0.2) is 6.29 Å². The first-order valence-corrected chi connectivity index (χ1v) is 9.27. The second kappa shape index (κ2) is 7.31. The van der Waals surface area contributed by atoms with E-state index >= 15 is 0 Å². The number of rotatable bonds is 5. The number of likely N-dealkylation sites (tertiary alicyclic amines) is 1. The van der Waals surface area contributed by atoms with Crippen molar-refractivity contribution in [3.63, 3.8) is 0 Å². The minimum absolute atomic E-state index is 0.114. The van der Waals surface area contributed by atoms with E-state index in [0.29, 0.717) is 25.2 Å². The fourth-order valence-corrected chi connectivity index (χ4v) is 5.22. The van der Waals surface area contributed by atoms with Crippen molar-refractivity contribution >= 4 is 5.97 Å². The lowest BCUT2D eigenvalue weighted by atomic mass is 9.73. The normalized spacial score (nSPS) is 36.5. The molecule has 3 rings (SSSR count). The third kappa shape index (κ3) is 3.33. The summed E-state index contributed by atoms with van der Waals surface area (Å²) in [6.45, 7) is 4.76. The molecule has 1 heterocycles. The van der Waals surface area contributed by atoms with E-state index in [1.807, 2.05) is 6.92 Å². The number of hydrogen-bond donors (Lipinski definition) is 0. The Labute approximate surface area is 134 Å². The number of hydrogen-bond acceptors (Lipinski definition) is 4. The Kier molecular flexibility index (Phi) is 5.40. The van der Waals surface area contributed by atoms with Crippen molar-refractivity contribution in [3.05, 3.63) is 0 Å². The zero-order chi connectivity index (χ0) is 15.5. The van der Waals surface area contributed by atoms with Gasteiger partial charge in [-0.05, 0) is 51.4 Å². The van der Waals surface area contributed by atoms with Crippen molar-refractivity contribution in [2.45, 2.75) is 83.6 Å². The van der Waals surface area contributed by atoms with Gasteiger partial charge in [0.25, 0.3) is 0 Å². The first-order valence-electron chi connectivity index (χ1n) is 9.27. The number of fused-ring (bicyclic) bond motifs is 3. The van der Waals surface area contributed by atoms with Gasteiger partial charge in [-0.2, -0.15) is 0 Å². The number of carbonyl (C=O) groups excluding carboxylic acids is 1. The van der Waals surface area contributed by atoms with E-state index in [0.717, 1.165) is 11.8 Å². The van der Waals surface area contributed by atoms with Crippen LogP contribution in [0.4, 0.5) is 0 Å². The average Bonchev–Trinajstić information content (AvgIpc) is 2.82. The lowest BCUT2D eigenvalue weighted by Gasteiger charge is -2.33. The smallest absolute Gasteiger partial charge is 0.322 e. The summed E-state index contributed by atoms with van der Waals surface area (Å²) in [5.41, 5.74) is 0. The highest BCUT2D eigenvalue weighted by atomic mass is 16.7. The van der Waals surface area contributed by atoms with Crippen LogP contribution in [0.5, 0.6) is 0 Å². The molecule has 0 aromatic carbocycles. The highest BCUT2D eigenvalue weighted by Gasteiger charge is 2.50. The van der Waals surface area contributed by atoms with Crippen LogP contribution >= 0.6 is 0 Å². The Balaban J connectivity index is 1.64. The minimum atomic E-state index is -0.426. The van der Waals surface area contributed by atoms with Gasteiger partial charge in [0.1, 0.15) is 0 Å². The molecule has 0 N–H and O–H groups in total. The molecule has 1 aliphatic heterocycles. The molecular formula is C18H31NO3. The molecule has 1 saturated heterocycles. The monoisotopic (exact) mass is 309 g/mol. The molecule has 3 fully saturated rings. The molecule has 0 spiro atoms. The van der Waals surface area contributed by atoms with Crippen LogP contribution < -0.4 is 0 Å². The van der Waals surface area contributed by atoms with E-state index in [-0.39, 0.29) is 5.97 Å². The van der Waals surface area contributed by atoms with Crippen molar-refractivity contribution in [1.29, 1.82) is 0 Å². The van der Waals surface area contributed by atoms with Crippen LogP contribution in [0.25, 0.3) is 0 Å². The minimum Gasteiger partial charge on any atom is -0.435 e. The molecule has 3 aliphatic rings. The van der Waals surface area contributed by atoms with Crippen LogP contribution in [0.15, 0.2) is 0 Å². The van der Waals surface area contributed by atoms with E-state index in [4.69, 9.17) is 9.47 Å². The molecule has 4 nitrogen and oxygen atoms in total. The van der Waals surface area contributed by atoms with Crippen LogP contribution in [0.3, 0.4) is 0 Å². The molecule has 2 aliphatic carbocycles. The molecule has 0 aromatic rings. The van der Waals surface area contributed by atoms with Crippen LogP contribution in [0, 0.1) is 11.8 Å². The topological polar surface area (TPSA) is 38.8 Å². The zero-order valence-electron chi connectivity index (χ0n) is 14.1. The molecule has 2 saturated carbocycles. The lowest BCUT2D eigenvalue weighted by Crippen LogP contribution is -2.43. The predicted molar refractivity (Wildman–Crippen MR) is 85.4 cm³/mol. The molecular weight excluding hydrogens is 278 g/mol. The highest BCUT2D eigenvalue weighted by Crippen LogP contribution is 2.48. The fraction of sp³-hybridized carbons (Fsp3) is 0.944. The van der Waals surface area contributed by atoms with Crippen LogP contribution in [-0.4, -0.2) is 42.4 Å². The fourth-order valence-electron chi connectivity index (χ4n) is 5.22. The molecule has 0 radical (unpaired) electrons. The second-order valence-electron chi connectivity index (χ2n) is 7.22. The summed E-state index contributed by atoms with van der Waals surface area (Å²) in [4.78, 5) is 14.8. The molecule has 0 aromatic heterocycles. The number of esters is 1. The summed E-state index contributed by atoms with van der Waals surface area (Å²) >= 11 is 0. The highest BCUT2D eigenvalue weighted by molar-refractivity contribution is 5.72. The van der Waals surface area contributed by atoms with Crippen molar-refractivity contribution in [3.8, 4) is 0 Å². The molecule has 4 heteroatoms.